The van der Waals surface area contributed by atoms with Crippen molar-refractivity contribution in [1.29, 1.82) is 0 Å². The summed E-state index contributed by atoms with van der Waals surface area (Å²) in [5.41, 5.74) is 0.895. The number of carbonyl (C=O) groups is 1. The minimum absolute atomic E-state index is 0.102. The van der Waals surface area contributed by atoms with E-state index in [4.69, 9.17) is 5.11 Å². The lowest BCUT2D eigenvalue weighted by Crippen LogP contribution is -2.31. The van der Waals surface area contributed by atoms with Crippen molar-refractivity contribution in [2.75, 3.05) is 5.32 Å². The molecule has 0 heterocycles. The molecule has 0 aliphatic rings. The number of nitro groups is 1. The summed E-state index contributed by atoms with van der Waals surface area (Å²) in [6.45, 7) is 5.56. The highest BCUT2D eigenvalue weighted by Crippen LogP contribution is 2.26. The fourth-order valence-corrected chi connectivity index (χ4v) is 1.80. The first-order valence-corrected chi connectivity index (χ1v) is 6.05. The Morgan fingerprint density at radius 2 is 2.11 bits per heavy atom. The lowest BCUT2D eigenvalue weighted by Gasteiger charge is -2.17. The summed E-state index contributed by atoms with van der Waals surface area (Å²) < 4.78 is 0. The lowest BCUT2D eigenvalue weighted by molar-refractivity contribution is -0.384. The standard InChI is InChI=1S/C13H18N2O4/c1-8(2)6-11(13(16)17)14-10-5-4-9(3)7-12(10)15(18)19/h4-5,7-8,11,14H,6H2,1-3H3,(H,16,17). The van der Waals surface area contributed by atoms with Gasteiger partial charge >= 0.3 is 5.97 Å². The highest BCUT2D eigenvalue weighted by atomic mass is 16.6. The van der Waals surface area contributed by atoms with Crippen LogP contribution in [-0.4, -0.2) is 22.0 Å². The van der Waals surface area contributed by atoms with E-state index in [0.717, 1.165) is 5.56 Å². The van der Waals surface area contributed by atoms with Crippen molar-refractivity contribution in [1.82, 2.24) is 0 Å². The molecular formula is C13H18N2O4. The van der Waals surface area contributed by atoms with Crippen molar-refractivity contribution in [2.24, 2.45) is 5.92 Å². The molecule has 0 fully saturated rings. The van der Waals surface area contributed by atoms with E-state index in [2.05, 4.69) is 5.32 Å². The van der Waals surface area contributed by atoms with E-state index in [1.807, 2.05) is 13.8 Å². The average Bonchev–Trinajstić information content (AvgIpc) is 2.29. The number of hydrogen-bond acceptors (Lipinski definition) is 4. The Bertz CT molecular complexity index is 486. The topological polar surface area (TPSA) is 92.5 Å². The van der Waals surface area contributed by atoms with Gasteiger partial charge in [-0.05, 0) is 30.9 Å². The van der Waals surface area contributed by atoms with Gasteiger partial charge in [-0.3, -0.25) is 10.1 Å². The molecule has 0 amide bonds. The fourth-order valence-electron chi connectivity index (χ4n) is 1.80. The van der Waals surface area contributed by atoms with Crippen molar-refractivity contribution in [3.05, 3.63) is 33.9 Å². The maximum Gasteiger partial charge on any atom is 0.326 e. The van der Waals surface area contributed by atoms with Crippen LogP contribution in [0.25, 0.3) is 0 Å². The predicted molar refractivity (Wildman–Crippen MR) is 72.3 cm³/mol. The zero-order valence-corrected chi connectivity index (χ0v) is 11.2. The summed E-state index contributed by atoms with van der Waals surface area (Å²) in [7, 11) is 0. The van der Waals surface area contributed by atoms with E-state index in [1.54, 1.807) is 19.1 Å². The molecule has 1 atom stereocenters. The van der Waals surface area contributed by atoms with Crippen molar-refractivity contribution in [3.63, 3.8) is 0 Å². The number of nitro benzene ring substituents is 1. The Kier molecular flexibility index (Phi) is 4.86. The molecule has 1 rings (SSSR count). The SMILES string of the molecule is Cc1ccc(NC(CC(C)C)C(=O)O)c([N+](=O)[O-])c1. The van der Waals surface area contributed by atoms with Gasteiger partial charge in [0.25, 0.3) is 5.69 Å². The Morgan fingerprint density at radius 1 is 1.47 bits per heavy atom. The molecule has 0 aromatic heterocycles. The molecule has 104 valence electrons. The third-order valence-corrected chi connectivity index (χ3v) is 2.68. The summed E-state index contributed by atoms with van der Waals surface area (Å²) in [4.78, 5) is 21.6. The molecular weight excluding hydrogens is 248 g/mol. The number of nitrogens with one attached hydrogen (secondary N) is 1. The number of hydrogen-bond donors (Lipinski definition) is 2. The number of carboxylic acid groups (broad SMARTS) is 1. The third-order valence-electron chi connectivity index (χ3n) is 2.68. The molecule has 1 aromatic carbocycles. The van der Waals surface area contributed by atoms with Crippen LogP contribution in [0.5, 0.6) is 0 Å². The minimum Gasteiger partial charge on any atom is -0.480 e. The van der Waals surface area contributed by atoms with E-state index >= 15 is 0 Å². The quantitative estimate of drug-likeness (QED) is 0.610. The first-order chi connectivity index (χ1) is 8.81. The summed E-state index contributed by atoms with van der Waals surface area (Å²) in [5, 5.41) is 22.8. The molecule has 2 N–H and O–H groups in total. The zero-order valence-electron chi connectivity index (χ0n) is 11.2. The van der Waals surface area contributed by atoms with Gasteiger partial charge in [-0.2, -0.15) is 0 Å². The first-order valence-electron chi connectivity index (χ1n) is 6.05. The van der Waals surface area contributed by atoms with E-state index in [0.29, 0.717) is 6.42 Å². The normalized spacial score (nSPS) is 12.2. The van der Waals surface area contributed by atoms with Crippen molar-refractivity contribution in [2.45, 2.75) is 33.2 Å². The molecule has 19 heavy (non-hydrogen) atoms. The molecule has 1 unspecified atom stereocenters. The summed E-state index contributed by atoms with van der Waals surface area (Å²) in [6.07, 6.45) is 0.403. The second kappa shape index (κ2) is 6.17. The van der Waals surface area contributed by atoms with Crippen molar-refractivity contribution < 1.29 is 14.8 Å². The molecule has 0 aliphatic carbocycles. The smallest absolute Gasteiger partial charge is 0.326 e. The van der Waals surface area contributed by atoms with Crippen LogP contribution >= 0.6 is 0 Å². The van der Waals surface area contributed by atoms with Gasteiger partial charge in [0.05, 0.1) is 4.92 Å². The lowest BCUT2D eigenvalue weighted by atomic mass is 10.0. The van der Waals surface area contributed by atoms with Gasteiger partial charge < -0.3 is 10.4 Å². The predicted octanol–water partition coefficient (Wildman–Crippen LogP) is 2.81. The van der Waals surface area contributed by atoms with Crippen LogP contribution in [0, 0.1) is 23.0 Å². The van der Waals surface area contributed by atoms with Crippen LogP contribution in [0.15, 0.2) is 18.2 Å². The van der Waals surface area contributed by atoms with Crippen LogP contribution in [0.2, 0.25) is 0 Å². The highest BCUT2D eigenvalue weighted by Gasteiger charge is 2.22. The van der Waals surface area contributed by atoms with Crippen molar-refractivity contribution in [3.8, 4) is 0 Å². The number of aryl methyl sites for hydroxylation is 1. The number of aliphatic carboxylic acids is 1. The van der Waals surface area contributed by atoms with Gasteiger partial charge in [-0.1, -0.05) is 19.9 Å². The Hall–Kier alpha value is -2.11. The van der Waals surface area contributed by atoms with Gasteiger partial charge in [0.1, 0.15) is 11.7 Å². The van der Waals surface area contributed by atoms with E-state index < -0.39 is 16.9 Å². The highest BCUT2D eigenvalue weighted by molar-refractivity contribution is 5.79. The Morgan fingerprint density at radius 3 is 2.58 bits per heavy atom. The van der Waals surface area contributed by atoms with Crippen LogP contribution < -0.4 is 5.32 Å². The largest absolute Gasteiger partial charge is 0.480 e. The molecule has 0 radical (unpaired) electrons. The Balaban J connectivity index is 3.02. The monoisotopic (exact) mass is 266 g/mol. The summed E-state index contributed by atoms with van der Waals surface area (Å²) >= 11 is 0. The van der Waals surface area contributed by atoms with Crippen LogP contribution in [0.4, 0.5) is 11.4 Å². The van der Waals surface area contributed by atoms with E-state index in [1.165, 1.54) is 6.07 Å². The van der Waals surface area contributed by atoms with Crippen LogP contribution in [0.3, 0.4) is 0 Å². The zero-order chi connectivity index (χ0) is 14.6. The molecule has 6 nitrogen and oxygen atoms in total. The second-order valence-corrected chi connectivity index (χ2v) is 4.94. The number of benzene rings is 1. The molecule has 0 spiro atoms. The van der Waals surface area contributed by atoms with Crippen LogP contribution in [0.1, 0.15) is 25.8 Å². The minimum atomic E-state index is -1.01. The molecule has 0 saturated heterocycles. The summed E-state index contributed by atoms with van der Waals surface area (Å²) in [6, 6.07) is 3.85. The second-order valence-electron chi connectivity index (χ2n) is 4.94. The number of carboxylic acids is 1. The number of nitrogens with zero attached hydrogens (tertiary/aromatic N) is 1. The molecule has 0 saturated carbocycles. The van der Waals surface area contributed by atoms with Crippen LogP contribution in [-0.2, 0) is 4.79 Å². The van der Waals surface area contributed by atoms with Gasteiger partial charge in [-0.25, -0.2) is 4.79 Å². The average molecular weight is 266 g/mol. The molecule has 1 aromatic rings. The van der Waals surface area contributed by atoms with E-state index in [9.17, 15) is 14.9 Å². The van der Waals surface area contributed by atoms with Gasteiger partial charge in [0, 0.05) is 6.07 Å². The molecule has 0 bridgehead atoms. The Labute approximate surface area is 111 Å². The third kappa shape index (κ3) is 4.24. The summed E-state index contributed by atoms with van der Waals surface area (Å²) in [5.74, 6) is -0.832. The maximum atomic E-state index is 11.2. The fraction of sp³-hybridized carbons (Fsp3) is 0.462. The van der Waals surface area contributed by atoms with Gasteiger partial charge in [0.2, 0.25) is 0 Å². The molecule has 6 heteroatoms. The van der Waals surface area contributed by atoms with Gasteiger partial charge in [0.15, 0.2) is 0 Å². The first kappa shape index (κ1) is 14.9. The van der Waals surface area contributed by atoms with Gasteiger partial charge in [-0.15, -0.1) is 0 Å². The number of anilines is 1. The van der Waals surface area contributed by atoms with Crippen molar-refractivity contribution >= 4 is 17.3 Å². The molecule has 0 aliphatic heterocycles. The maximum absolute atomic E-state index is 11.2. The number of rotatable bonds is 6. The van der Waals surface area contributed by atoms with E-state index in [-0.39, 0.29) is 17.3 Å².